The molecule has 3 atom stereocenters. The smallest absolute Gasteiger partial charge is 0.223 e. The number of amides is 1. The largest absolute Gasteiger partial charge is 0.356 e. The SMILES string of the molecule is CCS(=O)(=O)N1CCC(C(=O)NC[C@H]2C[C@H]3CC[C@H]2C3)CC1. The first kappa shape index (κ1) is 16.2. The van der Waals surface area contributed by atoms with Gasteiger partial charge >= 0.3 is 0 Å². The van der Waals surface area contributed by atoms with E-state index >= 15 is 0 Å². The van der Waals surface area contributed by atoms with Crippen LogP contribution in [0.25, 0.3) is 0 Å². The Morgan fingerprint density at radius 3 is 2.41 bits per heavy atom. The molecule has 1 aliphatic heterocycles. The highest BCUT2D eigenvalue weighted by atomic mass is 32.2. The van der Waals surface area contributed by atoms with E-state index in [-0.39, 0.29) is 17.6 Å². The predicted octanol–water partition coefficient (Wildman–Crippen LogP) is 1.60. The molecule has 0 spiro atoms. The first-order valence-corrected chi connectivity index (χ1v) is 10.4. The van der Waals surface area contributed by atoms with Crippen LogP contribution in [0.3, 0.4) is 0 Å². The van der Waals surface area contributed by atoms with E-state index in [1.54, 1.807) is 6.92 Å². The van der Waals surface area contributed by atoms with Gasteiger partial charge in [0.05, 0.1) is 5.75 Å². The van der Waals surface area contributed by atoms with Crippen molar-refractivity contribution in [3.05, 3.63) is 0 Å². The first-order chi connectivity index (χ1) is 10.5. The van der Waals surface area contributed by atoms with Crippen LogP contribution in [0.15, 0.2) is 0 Å². The Balaban J connectivity index is 1.42. The summed E-state index contributed by atoms with van der Waals surface area (Å²) in [5.74, 6) is 2.70. The van der Waals surface area contributed by atoms with E-state index in [4.69, 9.17) is 0 Å². The topological polar surface area (TPSA) is 66.5 Å². The van der Waals surface area contributed by atoms with Crippen LogP contribution in [0.5, 0.6) is 0 Å². The van der Waals surface area contributed by atoms with Crippen molar-refractivity contribution in [2.24, 2.45) is 23.7 Å². The van der Waals surface area contributed by atoms with Gasteiger partial charge in [0.2, 0.25) is 15.9 Å². The Labute approximate surface area is 133 Å². The van der Waals surface area contributed by atoms with E-state index in [0.29, 0.717) is 31.8 Å². The summed E-state index contributed by atoms with van der Waals surface area (Å²) in [5.41, 5.74) is 0. The molecule has 1 heterocycles. The Hall–Kier alpha value is -0.620. The van der Waals surface area contributed by atoms with Gasteiger partial charge in [-0.2, -0.15) is 0 Å². The van der Waals surface area contributed by atoms with E-state index in [9.17, 15) is 13.2 Å². The van der Waals surface area contributed by atoms with Gasteiger partial charge in [-0.05, 0) is 56.8 Å². The van der Waals surface area contributed by atoms with Crippen LogP contribution in [-0.4, -0.2) is 44.0 Å². The van der Waals surface area contributed by atoms with Gasteiger partial charge in [0.15, 0.2) is 0 Å². The average Bonchev–Trinajstić information content (AvgIpc) is 3.15. The van der Waals surface area contributed by atoms with E-state index < -0.39 is 10.0 Å². The highest BCUT2D eigenvalue weighted by molar-refractivity contribution is 7.89. The summed E-state index contributed by atoms with van der Waals surface area (Å²) >= 11 is 0. The van der Waals surface area contributed by atoms with Crippen molar-refractivity contribution in [3.8, 4) is 0 Å². The second kappa shape index (κ2) is 6.48. The zero-order chi connectivity index (χ0) is 15.7. The molecule has 5 nitrogen and oxygen atoms in total. The standard InChI is InChI=1S/C16H28N2O3S/c1-2-22(20,21)18-7-5-13(6-8-18)16(19)17-11-15-10-12-3-4-14(15)9-12/h12-15H,2-11H2,1H3,(H,17,19)/t12-,14-,15+/m0/s1. The monoisotopic (exact) mass is 328 g/mol. The number of rotatable bonds is 5. The summed E-state index contributed by atoms with van der Waals surface area (Å²) in [5, 5.41) is 3.14. The van der Waals surface area contributed by atoms with Crippen LogP contribution in [0.4, 0.5) is 0 Å². The van der Waals surface area contributed by atoms with Crippen LogP contribution in [0.1, 0.15) is 45.4 Å². The summed E-state index contributed by atoms with van der Waals surface area (Å²) in [4.78, 5) is 12.3. The van der Waals surface area contributed by atoms with E-state index in [1.165, 1.54) is 30.0 Å². The van der Waals surface area contributed by atoms with E-state index in [1.807, 2.05) is 0 Å². The fourth-order valence-corrected chi connectivity index (χ4v) is 5.71. The highest BCUT2D eigenvalue weighted by Crippen LogP contribution is 2.47. The third-order valence-electron chi connectivity index (χ3n) is 6.01. The Kier molecular flexibility index (Phi) is 4.78. The molecule has 0 aromatic rings. The van der Waals surface area contributed by atoms with Crippen molar-refractivity contribution in [2.45, 2.75) is 45.4 Å². The molecule has 1 amide bonds. The fourth-order valence-electron chi connectivity index (χ4n) is 4.58. The van der Waals surface area contributed by atoms with E-state index in [0.717, 1.165) is 18.4 Å². The molecule has 0 radical (unpaired) electrons. The van der Waals surface area contributed by atoms with Crippen LogP contribution in [-0.2, 0) is 14.8 Å². The summed E-state index contributed by atoms with van der Waals surface area (Å²) in [7, 11) is -3.10. The van der Waals surface area contributed by atoms with Crippen molar-refractivity contribution >= 4 is 15.9 Å². The summed E-state index contributed by atoms with van der Waals surface area (Å²) in [6.45, 7) is 3.47. The van der Waals surface area contributed by atoms with Gasteiger partial charge in [-0.15, -0.1) is 0 Å². The lowest BCUT2D eigenvalue weighted by atomic mass is 9.88. The van der Waals surface area contributed by atoms with E-state index in [2.05, 4.69) is 5.32 Å². The minimum Gasteiger partial charge on any atom is -0.356 e. The first-order valence-electron chi connectivity index (χ1n) is 8.75. The maximum Gasteiger partial charge on any atom is 0.223 e. The normalized spacial score (nSPS) is 33.2. The molecule has 0 aromatic heterocycles. The van der Waals surface area contributed by atoms with Gasteiger partial charge in [0.25, 0.3) is 0 Å². The molecular formula is C16H28N2O3S. The number of carbonyl (C=O) groups is 1. The maximum absolute atomic E-state index is 12.3. The lowest BCUT2D eigenvalue weighted by Crippen LogP contribution is -2.44. The van der Waals surface area contributed by atoms with Gasteiger partial charge in [-0.25, -0.2) is 12.7 Å². The number of sulfonamides is 1. The molecule has 2 aliphatic carbocycles. The number of nitrogens with one attached hydrogen (secondary N) is 1. The summed E-state index contributed by atoms with van der Waals surface area (Å²) < 4.78 is 25.2. The zero-order valence-corrected chi connectivity index (χ0v) is 14.3. The number of hydrogen-bond acceptors (Lipinski definition) is 3. The predicted molar refractivity (Wildman–Crippen MR) is 85.7 cm³/mol. The van der Waals surface area contributed by atoms with Crippen molar-refractivity contribution in [1.82, 2.24) is 9.62 Å². The van der Waals surface area contributed by atoms with Crippen LogP contribution in [0, 0.1) is 23.7 Å². The average molecular weight is 328 g/mol. The van der Waals surface area contributed by atoms with Crippen LogP contribution in [0.2, 0.25) is 0 Å². The fraction of sp³-hybridized carbons (Fsp3) is 0.938. The minimum atomic E-state index is -3.10. The Morgan fingerprint density at radius 2 is 1.86 bits per heavy atom. The van der Waals surface area contributed by atoms with Gasteiger partial charge in [-0.3, -0.25) is 4.79 Å². The third-order valence-corrected chi connectivity index (χ3v) is 7.89. The van der Waals surface area contributed by atoms with Gasteiger partial charge in [-0.1, -0.05) is 6.42 Å². The lowest BCUT2D eigenvalue weighted by molar-refractivity contribution is -0.126. The quantitative estimate of drug-likeness (QED) is 0.833. The molecule has 1 saturated heterocycles. The Morgan fingerprint density at radius 1 is 1.14 bits per heavy atom. The highest BCUT2D eigenvalue weighted by Gasteiger charge is 2.39. The summed E-state index contributed by atoms with van der Waals surface area (Å²) in [6, 6.07) is 0. The van der Waals surface area contributed by atoms with Gasteiger partial charge < -0.3 is 5.32 Å². The van der Waals surface area contributed by atoms with Gasteiger partial charge in [0, 0.05) is 25.6 Å². The van der Waals surface area contributed by atoms with Crippen molar-refractivity contribution in [3.63, 3.8) is 0 Å². The molecule has 2 bridgehead atoms. The number of nitrogens with zero attached hydrogens (tertiary/aromatic N) is 1. The number of piperidine rings is 1. The van der Waals surface area contributed by atoms with Crippen molar-refractivity contribution in [2.75, 3.05) is 25.4 Å². The zero-order valence-electron chi connectivity index (χ0n) is 13.5. The summed E-state index contributed by atoms with van der Waals surface area (Å²) in [6.07, 6.45) is 6.70. The van der Waals surface area contributed by atoms with Crippen molar-refractivity contribution < 1.29 is 13.2 Å². The molecule has 2 saturated carbocycles. The second-order valence-electron chi connectivity index (χ2n) is 7.25. The molecule has 3 aliphatic rings. The molecule has 0 aromatic carbocycles. The molecule has 6 heteroatoms. The molecule has 1 N–H and O–H groups in total. The molecule has 3 rings (SSSR count). The maximum atomic E-state index is 12.3. The molecule has 22 heavy (non-hydrogen) atoms. The number of fused-ring (bicyclic) bond motifs is 2. The lowest BCUT2D eigenvalue weighted by Gasteiger charge is -2.31. The Bertz CT molecular complexity index is 511. The molecule has 0 unspecified atom stereocenters. The molecule has 126 valence electrons. The van der Waals surface area contributed by atoms with Gasteiger partial charge in [0.1, 0.15) is 0 Å². The van der Waals surface area contributed by atoms with Crippen LogP contribution < -0.4 is 5.32 Å². The second-order valence-corrected chi connectivity index (χ2v) is 9.51. The van der Waals surface area contributed by atoms with Crippen molar-refractivity contribution in [1.29, 1.82) is 0 Å². The number of hydrogen-bond donors (Lipinski definition) is 1. The minimum absolute atomic E-state index is 0.0121. The molecule has 3 fully saturated rings. The molecular weight excluding hydrogens is 300 g/mol. The third kappa shape index (κ3) is 3.32. The number of carbonyl (C=O) groups excluding carboxylic acids is 1. The van der Waals surface area contributed by atoms with Crippen LogP contribution >= 0.6 is 0 Å².